The molecule has 0 atom stereocenters. The number of carbonyl (C=O) groups is 1. The number of hydrogen-bond donors (Lipinski definition) is 2. The summed E-state index contributed by atoms with van der Waals surface area (Å²) in [7, 11) is 0. The minimum atomic E-state index is -4.63. The molecule has 2 N–H and O–H groups in total. The molecule has 0 radical (unpaired) electrons. The van der Waals surface area contributed by atoms with Crippen molar-refractivity contribution in [2.24, 2.45) is 0 Å². The first-order valence-corrected chi connectivity index (χ1v) is 8.96. The molecule has 0 aliphatic carbocycles. The van der Waals surface area contributed by atoms with Crippen molar-refractivity contribution >= 4 is 34.2 Å². The number of imidazole rings is 1. The molecule has 2 heterocycles. The second-order valence-corrected chi connectivity index (χ2v) is 6.81. The number of para-hydroxylation sites is 1. The lowest BCUT2D eigenvalue weighted by Crippen LogP contribution is -2.24. The summed E-state index contributed by atoms with van der Waals surface area (Å²) in [6.07, 6.45) is -2.19. The maximum Gasteiger partial charge on any atom is 0.417 e. The number of halogens is 4. The number of fused-ring (bicyclic) bond motifs is 1. The smallest absolute Gasteiger partial charge is 0.417 e. The van der Waals surface area contributed by atoms with Crippen molar-refractivity contribution in [2.75, 3.05) is 5.32 Å². The Morgan fingerprint density at radius 2 is 1.87 bits per heavy atom. The summed E-state index contributed by atoms with van der Waals surface area (Å²) in [5, 5.41) is 13.7. The van der Waals surface area contributed by atoms with Crippen LogP contribution in [0.3, 0.4) is 0 Å². The van der Waals surface area contributed by atoms with Gasteiger partial charge in [-0.3, -0.25) is 4.79 Å². The number of amides is 1. The quantitative estimate of drug-likeness (QED) is 0.360. The predicted molar refractivity (Wildman–Crippen MR) is 105 cm³/mol. The fourth-order valence-electron chi connectivity index (χ4n) is 2.99. The van der Waals surface area contributed by atoms with Crippen LogP contribution in [-0.2, 0) is 6.18 Å². The second-order valence-electron chi connectivity index (χ2n) is 6.38. The van der Waals surface area contributed by atoms with E-state index in [9.17, 15) is 23.2 Å². The molecule has 4 rings (SSSR count). The zero-order valence-corrected chi connectivity index (χ0v) is 15.8. The molecule has 0 unspecified atom stereocenters. The summed E-state index contributed by atoms with van der Waals surface area (Å²) in [6.45, 7) is 0. The molecule has 0 aliphatic heterocycles. The van der Waals surface area contributed by atoms with E-state index in [1.807, 2.05) is 0 Å². The number of aromatic nitrogens is 3. The van der Waals surface area contributed by atoms with Crippen LogP contribution >= 0.6 is 11.6 Å². The Hall–Kier alpha value is -3.59. The number of H-pyrrole nitrogens is 1. The van der Waals surface area contributed by atoms with Gasteiger partial charge in [-0.25, -0.2) is 4.98 Å². The Labute approximate surface area is 172 Å². The Morgan fingerprint density at radius 1 is 1.13 bits per heavy atom. The lowest BCUT2D eigenvalue weighted by Gasteiger charge is -2.11. The maximum absolute atomic E-state index is 13.5. The zero-order chi connectivity index (χ0) is 21.5. The lowest BCUT2D eigenvalue weighted by atomic mass is 10.1. The average Bonchev–Trinajstić information content (AvgIpc) is 3.13. The number of anilines is 1. The van der Waals surface area contributed by atoms with Crippen molar-refractivity contribution in [2.45, 2.75) is 6.18 Å². The van der Waals surface area contributed by atoms with Crippen molar-refractivity contribution in [1.82, 2.24) is 9.97 Å². The number of nitrogens with one attached hydrogen (secondary N) is 2. The minimum Gasteiger partial charge on any atom is -0.619 e. The zero-order valence-electron chi connectivity index (χ0n) is 15.0. The molecule has 2 aromatic carbocycles. The van der Waals surface area contributed by atoms with Crippen LogP contribution in [0.2, 0.25) is 5.02 Å². The van der Waals surface area contributed by atoms with Gasteiger partial charge in [0.2, 0.25) is 0 Å². The van der Waals surface area contributed by atoms with Crippen molar-refractivity contribution in [3.8, 4) is 11.4 Å². The van der Waals surface area contributed by atoms with E-state index in [2.05, 4.69) is 15.3 Å². The van der Waals surface area contributed by atoms with Gasteiger partial charge < -0.3 is 15.5 Å². The Bertz CT molecular complexity index is 1250. The lowest BCUT2D eigenvalue weighted by molar-refractivity contribution is -0.605. The van der Waals surface area contributed by atoms with E-state index in [0.29, 0.717) is 15.9 Å². The molecule has 1 amide bonds. The highest BCUT2D eigenvalue weighted by molar-refractivity contribution is 6.30. The molecule has 6 nitrogen and oxygen atoms in total. The molecular weight excluding hydrogens is 421 g/mol. The van der Waals surface area contributed by atoms with Gasteiger partial charge in [-0.15, -0.1) is 0 Å². The van der Waals surface area contributed by atoms with Crippen LogP contribution < -0.4 is 10.0 Å². The van der Waals surface area contributed by atoms with Crippen molar-refractivity contribution in [1.29, 1.82) is 0 Å². The third-order valence-corrected chi connectivity index (χ3v) is 4.59. The molecule has 0 saturated heterocycles. The third-order valence-electron chi connectivity index (χ3n) is 4.36. The van der Waals surface area contributed by atoms with Gasteiger partial charge in [-0.1, -0.05) is 17.7 Å². The number of benzene rings is 2. The van der Waals surface area contributed by atoms with Crippen LogP contribution in [0.5, 0.6) is 0 Å². The fourth-order valence-corrected chi connectivity index (χ4v) is 3.17. The highest BCUT2D eigenvalue weighted by Crippen LogP contribution is 2.38. The monoisotopic (exact) mass is 432 g/mol. The highest BCUT2D eigenvalue weighted by atomic mass is 35.5. The molecule has 30 heavy (non-hydrogen) atoms. The van der Waals surface area contributed by atoms with Gasteiger partial charge in [-0.05, 0) is 30.3 Å². The van der Waals surface area contributed by atoms with Crippen LogP contribution in [0.1, 0.15) is 15.9 Å². The first kappa shape index (κ1) is 19.7. The van der Waals surface area contributed by atoms with E-state index in [-0.39, 0.29) is 27.5 Å². The number of carbonyl (C=O) groups excluding carboxylic acids is 1. The molecule has 10 heteroatoms. The number of alkyl halides is 3. The average molecular weight is 433 g/mol. The SMILES string of the molecule is O=C(Nc1cc[n+]([O-])cc1)c1cccc2[nH]c(-c3ccc(Cl)cc3C(F)(F)F)nc12. The fraction of sp³-hybridized carbons (Fsp3) is 0.0500. The maximum atomic E-state index is 13.5. The molecule has 0 spiro atoms. The topological polar surface area (TPSA) is 84.7 Å². The molecule has 4 aromatic rings. The largest absolute Gasteiger partial charge is 0.619 e. The minimum absolute atomic E-state index is 0.0404. The van der Waals surface area contributed by atoms with Gasteiger partial charge in [0.15, 0.2) is 12.4 Å². The number of nitrogens with zero attached hydrogens (tertiary/aromatic N) is 2. The van der Waals surface area contributed by atoms with Crippen molar-refractivity contribution < 1.29 is 22.7 Å². The van der Waals surface area contributed by atoms with E-state index in [4.69, 9.17) is 11.6 Å². The van der Waals surface area contributed by atoms with Gasteiger partial charge in [0.1, 0.15) is 11.3 Å². The summed E-state index contributed by atoms with van der Waals surface area (Å²) < 4.78 is 40.9. The number of rotatable bonds is 3. The summed E-state index contributed by atoms with van der Waals surface area (Å²) in [5.74, 6) is -0.559. The molecule has 0 aliphatic rings. The van der Waals surface area contributed by atoms with Gasteiger partial charge >= 0.3 is 6.18 Å². The summed E-state index contributed by atoms with van der Waals surface area (Å²) in [4.78, 5) is 19.8. The van der Waals surface area contributed by atoms with Crippen LogP contribution in [-0.4, -0.2) is 15.9 Å². The Morgan fingerprint density at radius 3 is 2.57 bits per heavy atom. The molecular formula is C20H12ClF3N4O2. The second kappa shape index (κ2) is 7.34. The highest BCUT2D eigenvalue weighted by Gasteiger charge is 2.34. The van der Waals surface area contributed by atoms with E-state index < -0.39 is 17.6 Å². The normalized spacial score (nSPS) is 11.6. The molecule has 0 saturated carbocycles. The van der Waals surface area contributed by atoms with Gasteiger partial charge in [-0.2, -0.15) is 17.9 Å². The van der Waals surface area contributed by atoms with Gasteiger partial charge in [0.25, 0.3) is 5.91 Å². The predicted octanol–water partition coefficient (Wildman–Crippen LogP) is 4.79. The van der Waals surface area contributed by atoms with Crippen molar-refractivity contribution in [3.05, 3.63) is 82.3 Å². The van der Waals surface area contributed by atoms with Crippen molar-refractivity contribution in [3.63, 3.8) is 0 Å². The molecule has 0 bridgehead atoms. The van der Waals surface area contributed by atoms with Crippen LogP contribution in [0.25, 0.3) is 22.4 Å². The van der Waals surface area contributed by atoms with E-state index >= 15 is 0 Å². The van der Waals surface area contributed by atoms with Crippen LogP contribution in [0, 0.1) is 5.21 Å². The van der Waals surface area contributed by atoms with Crippen LogP contribution in [0.4, 0.5) is 18.9 Å². The number of pyridine rings is 1. The molecule has 2 aromatic heterocycles. The van der Waals surface area contributed by atoms with Gasteiger partial charge in [0.05, 0.1) is 22.3 Å². The molecule has 152 valence electrons. The number of aromatic amines is 1. The first-order valence-electron chi connectivity index (χ1n) is 8.58. The Kier molecular flexibility index (Phi) is 4.83. The number of hydrogen-bond acceptors (Lipinski definition) is 3. The van der Waals surface area contributed by atoms with Gasteiger partial charge in [0, 0.05) is 22.7 Å². The Balaban J connectivity index is 1.76. The standard InChI is InChI=1S/C20H12ClF3N4O2/c21-11-4-5-13(15(10-11)20(22,23)24)18-26-16-3-1-2-14(17(16)27-18)19(29)25-12-6-8-28(30)9-7-12/h1-10H,(H,25,29)(H,26,27). The van der Waals surface area contributed by atoms with E-state index in [1.165, 1.54) is 42.7 Å². The van der Waals surface area contributed by atoms with E-state index in [0.717, 1.165) is 6.07 Å². The van der Waals surface area contributed by atoms with Crippen LogP contribution in [0.15, 0.2) is 60.9 Å². The summed E-state index contributed by atoms with van der Waals surface area (Å²) in [5.41, 5.74) is 0.0372. The third kappa shape index (κ3) is 3.79. The van der Waals surface area contributed by atoms with E-state index in [1.54, 1.807) is 12.1 Å². The molecule has 0 fully saturated rings. The first-order chi connectivity index (χ1) is 14.2. The summed E-state index contributed by atoms with van der Waals surface area (Å²) >= 11 is 5.74. The summed E-state index contributed by atoms with van der Waals surface area (Å²) in [6, 6.07) is 10.9.